The third-order valence-electron chi connectivity index (χ3n) is 5.51. The molecule has 0 bridgehead atoms. The van der Waals surface area contributed by atoms with Gasteiger partial charge in [0.1, 0.15) is 0 Å². The van der Waals surface area contributed by atoms with Gasteiger partial charge >= 0.3 is 0 Å². The van der Waals surface area contributed by atoms with E-state index < -0.39 is 0 Å². The summed E-state index contributed by atoms with van der Waals surface area (Å²) in [4.78, 5) is 30.3. The maximum absolute atomic E-state index is 12.5. The highest BCUT2D eigenvalue weighted by atomic mass is 16.2. The molecule has 1 aromatic heterocycles. The minimum Gasteiger partial charge on any atom is -0.343 e. The molecule has 1 aliphatic heterocycles. The van der Waals surface area contributed by atoms with Crippen LogP contribution in [0, 0.1) is 5.92 Å². The third kappa shape index (κ3) is 5.40. The number of amides is 2. The lowest BCUT2D eigenvalue weighted by atomic mass is 9.95. The largest absolute Gasteiger partial charge is 0.343 e. The SMILES string of the molecule is CCN(CC)C(=O)C1CCN(C(=O)CCCn2nnc(-c3ccccc3)n2)CC1. The molecule has 29 heavy (non-hydrogen) atoms. The highest BCUT2D eigenvalue weighted by Gasteiger charge is 2.29. The van der Waals surface area contributed by atoms with Gasteiger partial charge in [-0.1, -0.05) is 30.3 Å². The van der Waals surface area contributed by atoms with Crippen LogP contribution in [0.5, 0.6) is 0 Å². The summed E-state index contributed by atoms with van der Waals surface area (Å²) in [6.07, 6.45) is 2.64. The number of likely N-dealkylation sites (tertiary alicyclic amines) is 1. The molecule has 2 aromatic rings. The molecular weight excluding hydrogens is 368 g/mol. The molecule has 1 aliphatic rings. The Morgan fingerprint density at radius 3 is 2.45 bits per heavy atom. The van der Waals surface area contributed by atoms with Gasteiger partial charge in [0.2, 0.25) is 17.6 Å². The highest BCUT2D eigenvalue weighted by molar-refractivity contribution is 5.80. The lowest BCUT2D eigenvalue weighted by molar-refractivity contribution is -0.140. The zero-order valence-electron chi connectivity index (χ0n) is 17.3. The molecule has 8 heteroatoms. The fourth-order valence-electron chi connectivity index (χ4n) is 3.74. The first-order chi connectivity index (χ1) is 14.1. The minimum atomic E-state index is 0.0507. The second-order valence-corrected chi connectivity index (χ2v) is 7.34. The summed E-state index contributed by atoms with van der Waals surface area (Å²) < 4.78 is 0. The number of aromatic nitrogens is 4. The molecule has 0 unspecified atom stereocenters. The Balaban J connectivity index is 1.41. The van der Waals surface area contributed by atoms with Gasteiger partial charge in [-0.05, 0) is 38.3 Å². The first kappa shape index (κ1) is 21.0. The van der Waals surface area contributed by atoms with Crippen molar-refractivity contribution >= 4 is 11.8 Å². The van der Waals surface area contributed by atoms with Gasteiger partial charge in [-0.15, -0.1) is 10.2 Å². The molecule has 3 rings (SSSR count). The van der Waals surface area contributed by atoms with Crippen LogP contribution in [0.15, 0.2) is 30.3 Å². The number of rotatable bonds is 8. The van der Waals surface area contributed by atoms with E-state index in [2.05, 4.69) is 15.4 Å². The van der Waals surface area contributed by atoms with E-state index in [0.717, 1.165) is 31.5 Å². The molecule has 1 saturated heterocycles. The molecule has 0 saturated carbocycles. The smallest absolute Gasteiger partial charge is 0.225 e. The Kier molecular flexibility index (Phi) is 7.32. The van der Waals surface area contributed by atoms with Gasteiger partial charge in [-0.2, -0.15) is 4.80 Å². The lowest BCUT2D eigenvalue weighted by Gasteiger charge is -2.33. The Hall–Kier alpha value is -2.77. The molecule has 2 heterocycles. The summed E-state index contributed by atoms with van der Waals surface area (Å²) in [5.41, 5.74) is 0.928. The number of carbonyl (C=O) groups excluding carboxylic acids is 2. The standard InChI is InChI=1S/C21H30N6O2/c1-3-25(4-2)21(29)18-12-15-26(16-13-18)19(28)11-8-14-27-23-20(22-24-27)17-9-6-5-7-10-17/h5-7,9-10,18H,3-4,8,11-16H2,1-2H3. The van der Waals surface area contributed by atoms with E-state index >= 15 is 0 Å². The maximum Gasteiger partial charge on any atom is 0.225 e. The Labute approximate surface area is 171 Å². The summed E-state index contributed by atoms with van der Waals surface area (Å²) in [6, 6.07) is 9.71. The number of hydrogen-bond acceptors (Lipinski definition) is 5. The van der Waals surface area contributed by atoms with Crippen LogP contribution in [-0.2, 0) is 16.1 Å². The van der Waals surface area contributed by atoms with Gasteiger partial charge in [-0.3, -0.25) is 9.59 Å². The van der Waals surface area contributed by atoms with Crippen molar-refractivity contribution in [2.45, 2.75) is 46.1 Å². The fraction of sp³-hybridized carbons (Fsp3) is 0.571. The normalized spacial score (nSPS) is 14.8. The van der Waals surface area contributed by atoms with Gasteiger partial charge in [0.25, 0.3) is 0 Å². The van der Waals surface area contributed by atoms with E-state index in [1.54, 1.807) is 4.80 Å². The van der Waals surface area contributed by atoms with Crippen molar-refractivity contribution in [1.29, 1.82) is 0 Å². The quantitative estimate of drug-likeness (QED) is 0.681. The predicted octanol–water partition coefficient (Wildman–Crippen LogP) is 2.23. The van der Waals surface area contributed by atoms with Crippen LogP contribution >= 0.6 is 0 Å². The molecule has 1 fully saturated rings. The molecule has 0 spiro atoms. The van der Waals surface area contributed by atoms with Gasteiger partial charge in [0.15, 0.2) is 0 Å². The maximum atomic E-state index is 12.5. The van der Waals surface area contributed by atoms with Gasteiger partial charge in [0.05, 0.1) is 6.54 Å². The van der Waals surface area contributed by atoms with E-state index in [4.69, 9.17) is 0 Å². The first-order valence-electron chi connectivity index (χ1n) is 10.5. The molecule has 0 N–H and O–H groups in total. The third-order valence-corrected chi connectivity index (χ3v) is 5.51. The summed E-state index contributed by atoms with van der Waals surface area (Å²) in [5.74, 6) is 1.02. The second kappa shape index (κ2) is 10.1. The predicted molar refractivity (Wildman–Crippen MR) is 110 cm³/mol. The number of tetrazole rings is 1. The van der Waals surface area contributed by atoms with E-state index in [1.807, 2.05) is 54.0 Å². The number of piperidine rings is 1. The number of benzene rings is 1. The molecule has 2 amide bonds. The van der Waals surface area contributed by atoms with E-state index in [0.29, 0.717) is 38.3 Å². The molecular formula is C21H30N6O2. The number of hydrogen-bond donors (Lipinski definition) is 0. The Morgan fingerprint density at radius 2 is 1.79 bits per heavy atom. The molecule has 0 atom stereocenters. The number of nitrogens with zero attached hydrogens (tertiary/aromatic N) is 6. The van der Waals surface area contributed by atoms with E-state index in [-0.39, 0.29) is 17.7 Å². The summed E-state index contributed by atoms with van der Waals surface area (Å²) in [7, 11) is 0. The van der Waals surface area contributed by atoms with Crippen LogP contribution in [0.2, 0.25) is 0 Å². The van der Waals surface area contributed by atoms with Crippen molar-refractivity contribution in [3.8, 4) is 11.4 Å². The first-order valence-corrected chi connectivity index (χ1v) is 10.5. The van der Waals surface area contributed by atoms with Crippen molar-refractivity contribution in [2.24, 2.45) is 5.92 Å². The van der Waals surface area contributed by atoms with Crippen LogP contribution < -0.4 is 0 Å². The van der Waals surface area contributed by atoms with Gasteiger partial charge in [-0.25, -0.2) is 0 Å². The van der Waals surface area contributed by atoms with Crippen LogP contribution in [0.4, 0.5) is 0 Å². The number of carbonyl (C=O) groups is 2. The van der Waals surface area contributed by atoms with Crippen LogP contribution in [-0.4, -0.2) is 68.0 Å². The highest BCUT2D eigenvalue weighted by Crippen LogP contribution is 2.20. The van der Waals surface area contributed by atoms with Crippen LogP contribution in [0.3, 0.4) is 0 Å². The topological polar surface area (TPSA) is 84.2 Å². The van der Waals surface area contributed by atoms with E-state index in [9.17, 15) is 9.59 Å². The fourth-order valence-corrected chi connectivity index (χ4v) is 3.74. The van der Waals surface area contributed by atoms with Crippen molar-refractivity contribution in [3.05, 3.63) is 30.3 Å². The Bertz CT molecular complexity index is 795. The molecule has 8 nitrogen and oxygen atoms in total. The lowest BCUT2D eigenvalue weighted by Crippen LogP contribution is -2.44. The molecule has 0 radical (unpaired) electrons. The minimum absolute atomic E-state index is 0.0507. The average molecular weight is 399 g/mol. The van der Waals surface area contributed by atoms with Crippen LogP contribution in [0.1, 0.15) is 39.5 Å². The van der Waals surface area contributed by atoms with Crippen molar-refractivity contribution in [1.82, 2.24) is 30.0 Å². The molecule has 1 aromatic carbocycles. The second-order valence-electron chi connectivity index (χ2n) is 7.34. The van der Waals surface area contributed by atoms with Gasteiger partial charge < -0.3 is 9.80 Å². The van der Waals surface area contributed by atoms with Crippen molar-refractivity contribution in [2.75, 3.05) is 26.2 Å². The van der Waals surface area contributed by atoms with Crippen molar-refractivity contribution in [3.63, 3.8) is 0 Å². The summed E-state index contributed by atoms with van der Waals surface area (Å²) in [6.45, 7) is 7.39. The summed E-state index contributed by atoms with van der Waals surface area (Å²) in [5, 5.41) is 12.5. The zero-order valence-corrected chi connectivity index (χ0v) is 17.3. The van der Waals surface area contributed by atoms with Gasteiger partial charge in [0, 0.05) is 44.1 Å². The van der Waals surface area contributed by atoms with Crippen molar-refractivity contribution < 1.29 is 9.59 Å². The van der Waals surface area contributed by atoms with E-state index in [1.165, 1.54) is 0 Å². The number of aryl methyl sites for hydroxylation is 1. The summed E-state index contributed by atoms with van der Waals surface area (Å²) >= 11 is 0. The Morgan fingerprint density at radius 1 is 1.10 bits per heavy atom. The molecule has 0 aliphatic carbocycles. The van der Waals surface area contributed by atoms with Crippen LogP contribution in [0.25, 0.3) is 11.4 Å². The average Bonchev–Trinajstić information content (AvgIpc) is 3.24. The monoisotopic (exact) mass is 398 g/mol. The molecule has 156 valence electrons. The zero-order chi connectivity index (χ0) is 20.6.